The van der Waals surface area contributed by atoms with Gasteiger partial charge in [-0.1, -0.05) is 31.2 Å². The molecule has 13 nitrogen and oxygen atoms in total. The van der Waals surface area contributed by atoms with Crippen LogP contribution in [0.25, 0.3) is 0 Å². The molecule has 14 heteroatoms. The largest absolute Gasteiger partial charge is 0.493 e. The smallest absolute Gasteiger partial charge is 0.355 e. The average Bonchev–Trinajstić information content (AvgIpc) is 3.54. The van der Waals surface area contributed by atoms with Crippen molar-refractivity contribution in [3.63, 3.8) is 0 Å². The Balaban J connectivity index is 1.30. The highest BCUT2D eigenvalue weighted by Crippen LogP contribution is 2.41. The summed E-state index contributed by atoms with van der Waals surface area (Å²) in [5.74, 6) is -3.86. The Morgan fingerprint density at radius 3 is 2.50 bits per heavy atom. The van der Waals surface area contributed by atoms with Crippen LogP contribution in [0.3, 0.4) is 0 Å². The first-order valence-corrected chi connectivity index (χ1v) is 16.7. The first-order valence-electron chi connectivity index (χ1n) is 15.6. The minimum absolute atomic E-state index is 0.0587. The van der Waals surface area contributed by atoms with E-state index >= 15 is 0 Å². The molecule has 0 radical (unpaired) electrons. The van der Waals surface area contributed by atoms with Gasteiger partial charge < -0.3 is 29.0 Å². The Hall–Kier alpha value is -4.85. The zero-order valence-electron chi connectivity index (χ0n) is 26.8. The van der Waals surface area contributed by atoms with Crippen LogP contribution in [0.2, 0.25) is 0 Å². The summed E-state index contributed by atoms with van der Waals surface area (Å²) < 4.78 is 26.7. The molecular formula is C34H36N2O11S. The van der Waals surface area contributed by atoms with Crippen molar-refractivity contribution in [3.8, 4) is 11.5 Å². The highest BCUT2D eigenvalue weighted by atomic mass is 32.2. The van der Waals surface area contributed by atoms with E-state index in [9.17, 15) is 28.8 Å². The minimum atomic E-state index is -1.33. The number of carbonyl (C=O) groups excluding carboxylic acids is 6. The van der Waals surface area contributed by atoms with Gasteiger partial charge in [-0.25, -0.2) is 4.79 Å². The minimum Gasteiger partial charge on any atom is -0.493 e. The molecule has 0 aliphatic carbocycles. The Bertz CT molecular complexity index is 1640. The highest BCUT2D eigenvalue weighted by molar-refractivity contribution is 8.00. The third kappa shape index (κ3) is 7.64. The molecule has 254 valence electrons. The van der Waals surface area contributed by atoms with Gasteiger partial charge in [-0.2, -0.15) is 0 Å². The van der Waals surface area contributed by atoms with Gasteiger partial charge in [0, 0.05) is 31.1 Å². The number of rotatable bonds is 13. The van der Waals surface area contributed by atoms with Crippen molar-refractivity contribution >= 4 is 47.5 Å². The number of benzene rings is 2. The molecule has 0 aromatic heterocycles. The molecule has 1 saturated heterocycles. The summed E-state index contributed by atoms with van der Waals surface area (Å²) in [6.45, 7) is 4.91. The van der Waals surface area contributed by atoms with Crippen molar-refractivity contribution in [1.29, 1.82) is 0 Å². The Labute approximate surface area is 281 Å². The monoisotopic (exact) mass is 680 g/mol. The van der Waals surface area contributed by atoms with Crippen molar-refractivity contribution in [2.45, 2.75) is 64.0 Å². The van der Waals surface area contributed by atoms with Crippen LogP contribution in [0.15, 0.2) is 53.7 Å². The topological polar surface area (TPSA) is 164 Å². The molecule has 2 aromatic rings. The van der Waals surface area contributed by atoms with E-state index in [4.69, 9.17) is 23.7 Å². The van der Waals surface area contributed by atoms with Crippen LogP contribution in [-0.2, 0) is 56.0 Å². The third-order valence-electron chi connectivity index (χ3n) is 7.80. The first-order chi connectivity index (χ1) is 23.1. The van der Waals surface area contributed by atoms with E-state index in [2.05, 4.69) is 5.32 Å². The fourth-order valence-electron chi connectivity index (χ4n) is 5.47. The number of nitrogens with one attached hydrogen (secondary N) is 1. The standard InChI is InChI=1S/C34H36N2O11S/c1-4-6-26(38)47-24-10-7-20(8-11-24)16-46-34(42)29-23(17-45-19(3)37)18-48-32-28(31(40)36(29)32)35-30(39)27(33(41)43-5-2)22-9-12-25-21(15-22)13-14-44-25/h7-12,15,27-28,32H,4-6,13-14,16-18H2,1-3H3,(H,35,39). The number of carbonyl (C=O) groups is 6. The lowest BCUT2D eigenvalue weighted by atomic mass is 9.94. The predicted octanol–water partition coefficient (Wildman–Crippen LogP) is 2.93. The van der Waals surface area contributed by atoms with E-state index in [-0.39, 0.29) is 37.2 Å². The molecule has 3 aliphatic heterocycles. The lowest BCUT2D eigenvalue weighted by molar-refractivity contribution is -0.155. The number of hydrogen-bond acceptors (Lipinski definition) is 12. The molecule has 2 aromatic carbocycles. The molecule has 0 spiro atoms. The maximum absolute atomic E-state index is 13.6. The normalized spacial score (nSPS) is 18.4. The number of hydrogen-bond donors (Lipinski definition) is 1. The van der Waals surface area contributed by atoms with Crippen LogP contribution in [0, 0.1) is 0 Å². The van der Waals surface area contributed by atoms with Gasteiger partial charge in [-0.3, -0.25) is 28.9 Å². The van der Waals surface area contributed by atoms with Gasteiger partial charge in [0.1, 0.15) is 41.8 Å². The first kappa shape index (κ1) is 34.5. The molecule has 2 amide bonds. The Morgan fingerprint density at radius 1 is 1.02 bits per heavy atom. The number of ether oxygens (including phenoxy) is 5. The molecule has 3 unspecified atom stereocenters. The Morgan fingerprint density at radius 2 is 1.79 bits per heavy atom. The van der Waals surface area contributed by atoms with E-state index in [1.165, 1.54) is 23.6 Å². The van der Waals surface area contributed by atoms with Gasteiger partial charge in [-0.05, 0) is 48.2 Å². The SMILES string of the molecule is CCCC(=O)Oc1ccc(COC(=O)C2=C(COC(C)=O)CSC3C(NC(=O)C(C(=O)OCC)c4ccc5c(c4)CCO5)C(=O)N23)cc1. The summed E-state index contributed by atoms with van der Waals surface area (Å²) in [7, 11) is 0. The number of thioether (sulfide) groups is 1. The van der Waals surface area contributed by atoms with Crippen molar-refractivity contribution in [3.05, 3.63) is 70.4 Å². The average molecular weight is 681 g/mol. The molecular weight excluding hydrogens is 644 g/mol. The quantitative estimate of drug-likeness (QED) is 0.108. The van der Waals surface area contributed by atoms with Gasteiger partial charge in [0.2, 0.25) is 5.91 Å². The van der Waals surface area contributed by atoms with Crippen LogP contribution < -0.4 is 14.8 Å². The maximum atomic E-state index is 13.6. The lowest BCUT2D eigenvalue weighted by Crippen LogP contribution is -2.71. The zero-order chi connectivity index (χ0) is 34.4. The predicted molar refractivity (Wildman–Crippen MR) is 170 cm³/mol. The summed E-state index contributed by atoms with van der Waals surface area (Å²) in [5, 5.41) is 2.02. The van der Waals surface area contributed by atoms with Crippen LogP contribution in [0.5, 0.6) is 11.5 Å². The molecule has 3 atom stereocenters. The van der Waals surface area contributed by atoms with Crippen LogP contribution in [0.4, 0.5) is 0 Å². The highest BCUT2D eigenvalue weighted by Gasteiger charge is 2.55. The van der Waals surface area contributed by atoms with E-state index in [1.54, 1.807) is 49.4 Å². The van der Waals surface area contributed by atoms with Crippen molar-refractivity contribution < 1.29 is 52.5 Å². The second kappa shape index (κ2) is 15.4. The molecule has 48 heavy (non-hydrogen) atoms. The number of nitrogens with zero attached hydrogens (tertiary/aromatic N) is 1. The van der Waals surface area contributed by atoms with Crippen molar-refractivity contribution in [2.75, 3.05) is 25.6 Å². The van der Waals surface area contributed by atoms with Gasteiger partial charge in [0.05, 0.1) is 13.2 Å². The number of amides is 2. The summed E-state index contributed by atoms with van der Waals surface area (Å²) in [5.41, 5.74) is 2.18. The fourth-order valence-corrected chi connectivity index (χ4v) is 6.80. The number of esters is 4. The van der Waals surface area contributed by atoms with Crippen molar-refractivity contribution in [2.24, 2.45) is 0 Å². The summed E-state index contributed by atoms with van der Waals surface area (Å²) in [4.78, 5) is 78.2. The summed E-state index contributed by atoms with van der Waals surface area (Å²) >= 11 is 1.27. The van der Waals surface area contributed by atoms with E-state index in [1.807, 2.05) is 6.92 Å². The van der Waals surface area contributed by atoms with E-state index in [0.717, 1.165) is 5.56 Å². The van der Waals surface area contributed by atoms with Crippen molar-refractivity contribution in [1.82, 2.24) is 10.2 Å². The summed E-state index contributed by atoms with van der Waals surface area (Å²) in [6.07, 6.45) is 1.59. The molecule has 0 saturated carbocycles. The van der Waals surface area contributed by atoms with E-state index in [0.29, 0.717) is 54.1 Å². The molecule has 1 N–H and O–H groups in total. The van der Waals surface area contributed by atoms with Gasteiger partial charge in [-0.15, -0.1) is 11.8 Å². The maximum Gasteiger partial charge on any atom is 0.355 e. The second-order valence-electron chi connectivity index (χ2n) is 11.2. The van der Waals surface area contributed by atoms with Crippen LogP contribution in [0.1, 0.15) is 56.2 Å². The molecule has 3 heterocycles. The second-order valence-corrected chi connectivity index (χ2v) is 12.3. The fraction of sp³-hybridized carbons (Fsp3) is 0.412. The third-order valence-corrected chi connectivity index (χ3v) is 9.14. The van der Waals surface area contributed by atoms with Crippen LogP contribution in [-0.4, -0.2) is 77.6 Å². The molecule has 0 bridgehead atoms. The van der Waals surface area contributed by atoms with Gasteiger partial charge in [0.15, 0.2) is 5.92 Å². The van der Waals surface area contributed by atoms with Gasteiger partial charge >= 0.3 is 23.9 Å². The van der Waals surface area contributed by atoms with E-state index < -0.39 is 47.1 Å². The molecule has 5 rings (SSSR count). The van der Waals surface area contributed by atoms with Gasteiger partial charge in [0.25, 0.3) is 5.91 Å². The number of β-lactam (4-membered cyclic amide) rings is 1. The summed E-state index contributed by atoms with van der Waals surface area (Å²) in [6, 6.07) is 10.5. The molecule has 3 aliphatic rings. The number of fused-ring (bicyclic) bond motifs is 2. The lowest BCUT2D eigenvalue weighted by Gasteiger charge is -2.49. The Kier molecular flexibility index (Phi) is 11.0. The molecule has 1 fully saturated rings. The zero-order valence-corrected chi connectivity index (χ0v) is 27.6. The van der Waals surface area contributed by atoms with Crippen LogP contribution >= 0.6 is 11.8 Å².